The molecule has 1 aliphatic rings. The van der Waals surface area contributed by atoms with E-state index in [1.807, 2.05) is 18.2 Å². The molecule has 1 aromatic rings. The van der Waals surface area contributed by atoms with Gasteiger partial charge in [-0.05, 0) is 60.9 Å². The molecule has 2 unspecified atom stereocenters. The molecule has 2 rings (SSSR count). The number of hydrogen-bond donors (Lipinski definition) is 1. The Morgan fingerprint density at radius 3 is 2.89 bits per heavy atom. The molecule has 0 aromatic heterocycles. The molecular formula is C14H18BrN3. The maximum Gasteiger partial charge on any atom is 0.100 e. The zero-order valence-corrected chi connectivity index (χ0v) is 12.4. The van der Waals surface area contributed by atoms with E-state index in [0.717, 1.165) is 23.1 Å². The maximum atomic E-state index is 8.89. The van der Waals surface area contributed by atoms with Gasteiger partial charge in [-0.3, -0.25) is 0 Å². The monoisotopic (exact) mass is 307 g/mol. The van der Waals surface area contributed by atoms with Crippen LogP contribution in [-0.4, -0.2) is 30.6 Å². The van der Waals surface area contributed by atoms with Gasteiger partial charge in [-0.2, -0.15) is 5.26 Å². The largest absolute Gasteiger partial charge is 0.382 e. The molecule has 0 aliphatic carbocycles. The van der Waals surface area contributed by atoms with Crippen LogP contribution in [0.5, 0.6) is 0 Å². The SMILES string of the molecule is CC1CC(Nc2ccc(C#N)c(Br)c2)CCN1C. The number of nitriles is 1. The van der Waals surface area contributed by atoms with Gasteiger partial charge >= 0.3 is 0 Å². The first-order valence-electron chi connectivity index (χ1n) is 6.26. The molecule has 1 aliphatic heterocycles. The van der Waals surface area contributed by atoms with Crippen molar-refractivity contribution in [2.24, 2.45) is 0 Å². The zero-order valence-electron chi connectivity index (χ0n) is 10.8. The molecule has 18 heavy (non-hydrogen) atoms. The Morgan fingerprint density at radius 1 is 1.50 bits per heavy atom. The van der Waals surface area contributed by atoms with Crippen molar-refractivity contribution in [1.29, 1.82) is 5.26 Å². The fourth-order valence-corrected chi connectivity index (χ4v) is 2.82. The summed E-state index contributed by atoms with van der Waals surface area (Å²) in [5.41, 5.74) is 1.76. The first-order valence-corrected chi connectivity index (χ1v) is 7.06. The normalized spacial score (nSPS) is 24.6. The van der Waals surface area contributed by atoms with Gasteiger partial charge in [0.25, 0.3) is 0 Å². The lowest BCUT2D eigenvalue weighted by Crippen LogP contribution is -2.42. The molecule has 1 N–H and O–H groups in total. The van der Waals surface area contributed by atoms with Gasteiger partial charge in [-0.15, -0.1) is 0 Å². The highest BCUT2D eigenvalue weighted by molar-refractivity contribution is 9.10. The van der Waals surface area contributed by atoms with Crippen LogP contribution in [0.4, 0.5) is 5.69 Å². The lowest BCUT2D eigenvalue weighted by Gasteiger charge is -2.35. The summed E-state index contributed by atoms with van der Waals surface area (Å²) in [6.45, 7) is 3.40. The quantitative estimate of drug-likeness (QED) is 0.912. The van der Waals surface area contributed by atoms with Crippen LogP contribution in [0.25, 0.3) is 0 Å². The van der Waals surface area contributed by atoms with Gasteiger partial charge in [-0.1, -0.05) is 0 Å². The lowest BCUT2D eigenvalue weighted by atomic mass is 9.98. The number of nitrogens with one attached hydrogen (secondary N) is 1. The number of rotatable bonds is 2. The van der Waals surface area contributed by atoms with Crippen LogP contribution in [0.2, 0.25) is 0 Å². The summed E-state index contributed by atoms with van der Waals surface area (Å²) in [5, 5.41) is 12.4. The average molecular weight is 308 g/mol. The number of anilines is 1. The highest BCUT2D eigenvalue weighted by Gasteiger charge is 2.22. The molecule has 0 radical (unpaired) electrons. The molecule has 4 heteroatoms. The fourth-order valence-electron chi connectivity index (χ4n) is 2.35. The molecule has 0 saturated carbocycles. The first kappa shape index (κ1) is 13.4. The average Bonchev–Trinajstić information content (AvgIpc) is 2.34. The molecule has 0 spiro atoms. The molecule has 0 bridgehead atoms. The third kappa shape index (κ3) is 3.04. The van der Waals surface area contributed by atoms with E-state index in [2.05, 4.69) is 46.2 Å². The molecule has 2 atom stereocenters. The Bertz CT molecular complexity index is 467. The van der Waals surface area contributed by atoms with Gasteiger partial charge in [0.2, 0.25) is 0 Å². The zero-order chi connectivity index (χ0) is 13.1. The first-order chi connectivity index (χ1) is 8.60. The second-order valence-corrected chi connectivity index (χ2v) is 5.86. The van der Waals surface area contributed by atoms with Gasteiger partial charge in [0.15, 0.2) is 0 Å². The number of likely N-dealkylation sites (tertiary alicyclic amines) is 1. The van der Waals surface area contributed by atoms with Gasteiger partial charge in [0.05, 0.1) is 5.56 Å². The van der Waals surface area contributed by atoms with Crippen molar-refractivity contribution in [1.82, 2.24) is 4.90 Å². The molecule has 0 amide bonds. The van der Waals surface area contributed by atoms with E-state index >= 15 is 0 Å². The molecule has 3 nitrogen and oxygen atoms in total. The summed E-state index contributed by atoms with van der Waals surface area (Å²) >= 11 is 3.42. The number of benzene rings is 1. The summed E-state index contributed by atoms with van der Waals surface area (Å²) in [6, 6.07) is 9.12. The Balaban J connectivity index is 2.02. The van der Waals surface area contributed by atoms with E-state index in [1.165, 1.54) is 6.42 Å². The second kappa shape index (κ2) is 5.73. The predicted octanol–water partition coefficient (Wildman–Crippen LogP) is 3.22. The highest BCUT2D eigenvalue weighted by Crippen LogP contribution is 2.24. The lowest BCUT2D eigenvalue weighted by molar-refractivity contribution is 0.190. The Labute approximate surface area is 117 Å². The van der Waals surface area contributed by atoms with Crippen LogP contribution < -0.4 is 5.32 Å². The van der Waals surface area contributed by atoms with E-state index < -0.39 is 0 Å². The van der Waals surface area contributed by atoms with Crippen molar-refractivity contribution < 1.29 is 0 Å². The summed E-state index contributed by atoms with van der Waals surface area (Å²) in [5.74, 6) is 0. The third-order valence-corrected chi connectivity index (χ3v) is 4.32. The summed E-state index contributed by atoms with van der Waals surface area (Å²) in [6.07, 6.45) is 2.33. The topological polar surface area (TPSA) is 39.1 Å². The van der Waals surface area contributed by atoms with E-state index in [-0.39, 0.29) is 0 Å². The molecule has 1 heterocycles. The fraction of sp³-hybridized carbons (Fsp3) is 0.500. The number of nitrogens with zero attached hydrogens (tertiary/aromatic N) is 2. The van der Waals surface area contributed by atoms with Crippen LogP contribution in [0.1, 0.15) is 25.3 Å². The van der Waals surface area contributed by atoms with Crippen molar-refractivity contribution in [2.45, 2.75) is 31.8 Å². The predicted molar refractivity (Wildman–Crippen MR) is 77.6 cm³/mol. The van der Waals surface area contributed by atoms with Gasteiger partial charge < -0.3 is 10.2 Å². The summed E-state index contributed by atoms with van der Waals surface area (Å²) in [7, 11) is 2.18. The number of halogens is 1. The van der Waals surface area contributed by atoms with E-state index in [0.29, 0.717) is 17.6 Å². The number of hydrogen-bond acceptors (Lipinski definition) is 3. The Hall–Kier alpha value is -1.05. The van der Waals surface area contributed by atoms with Crippen LogP contribution in [-0.2, 0) is 0 Å². The van der Waals surface area contributed by atoms with Crippen LogP contribution >= 0.6 is 15.9 Å². The minimum atomic E-state index is 0.524. The highest BCUT2D eigenvalue weighted by atomic mass is 79.9. The standard InChI is InChI=1S/C14H18BrN3/c1-10-7-13(5-6-18(10)2)17-12-4-3-11(9-16)14(15)8-12/h3-4,8,10,13,17H,5-7H2,1-2H3. The van der Waals surface area contributed by atoms with Crippen molar-refractivity contribution >= 4 is 21.6 Å². The molecule has 1 saturated heterocycles. The van der Waals surface area contributed by atoms with Gasteiger partial charge in [-0.25, -0.2) is 0 Å². The Kier molecular flexibility index (Phi) is 4.26. The maximum absolute atomic E-state index is 8.89. The van der Waals surface area contributed by atoms with E-state index in [1.54, 1.807) is 0 Å². The van der Waals surface area contributed by atoms with Crippen LogP contribution in [0.3, 0.4) is 0 Å². The summed E-state index contributed by atoms with van der Waals surface area (Å²) < 4.78 is 0.857. The smallest absolute Gasteiger partial charge is 0.100 e. The van der Waals surface area contributed by atoms with E-state index in [4.69, 9.17) is 5.26 Å². The minimum Gasteiger partial charge on any atom is -0.382 e. The minimum absolute atomic E-state index is 0.524. The van der Waals surface area contributed by atoms with Gasteiger partial charge in [0, 0.05) is 28.8 Å². The van der Waals surface area contributed by atoms with Crippen molar-refractivity contribution in [3.63, 3.8) is 0 Å². The number of piperidine rings is 1. The Morgan fingerprint density at radius 2 is 2.28 bits per heavy atom. The van der Waals surface area contributed by atoms with E-state index in [9.17, 15) is 0 Å². The summed E-state index contributed by atoms with van der Waals surface area (Å²) in [4.78, 5) is 2.40. The molecular weight excluding hydrogens is 290 g/mol. The third-order valence-electron chi connectivity index (χ3n) is 3.67. The van der Waals surface area contributed by atoms with Crippen molar-refractivity contribution in [3.05, 3.63) is 28.2 Å². The van der Waals surface area contributed by atoms with Crippen molar-refractivity contribution in [3.8, 4) is 6.07 Å². The molecule has 96 valence electrons. The van der Waals surface area contributed by atoms with Crippen LogP contribution in [0.15, 0.2) is 22.7 Å². The van der Waals surface area contributed by atoms with Crippen molar-refractivity contribution in [2.75, 3.05) is 18.9 Å². The van der Waals surface area contributed by atoms with Gasteiger partial charge in [0.1, 0.15) is 6.07 Å². The molecule has 1 aromatic carbocycles. The second-order valence-electron chi connectivity index (χ2n) is 5.00. The van der Waals surface area contributed by atoms with Crippen LogP contribution in [0, 0.1) is 11.3 Å². The molecule has 1 fully saturated rings.